The van der Waals surface area contributed by atoms with Gasteiger partial charge in [-0.15, -0.1) is 0 Å². The minimum atomic E-state index is -0.233. The topological polar surface area (TPSA) is 46.9 Å². The first kappa shape index (κ1) is 10.9. The van der Waals surface area contributed by atoms with Crippen molar-refractivity contribution in [2.45, 2.75) is 0 Å². The molecule has 0 bridgehead atoms. The second-order valence-corrected chi connectivity index (χ2v) is 4.06. The summed E-state index contributed by atoms with van der Waals surface area (Å²) in [5, 5.41) is 7.88. The van der Waals surface area contributed by atoms with E-state index < -0.39 is 0 Å². The first-order chi connectivity index (χ1) is 7.63. The molecule has 0 unspecified atom stereocenters. The van der Waals surface area contributed by atoms with Gasteiger partial charge >= 0.3 is 0 Å². The van der Waals surface area contributed by atoms with Crippen LogP contribution in [0.2, 0.25) is 0 Å². The Morgan fingerprint density at radius 3 is 3.06 bits per heavy atom. The van der Waals surface area contributed by atoms with Crippen LogP contribution in [0.15, 0.2) is 35.5 Å². The van der Waals surface area contributed by atoms with E-state index in [4.69, 9.17) is 0 Å². The molecule has 5 heteroatoms. The van der Waals surface area contributed by atoms with Crippen molar-refractivity contribution in [3.05, 3.63) is 35.5 Å². The second-order valence-electron chi connectivity index (χ2n) is 3.31. The molecule has 2 aromatic rings. The molecule has 0 radical (unpaired) electrons. The fourth-order valence-electron chi connectivity index (χ4n) is 1.55. The summed E-state index contributed by atoms with van der Waals surface area (Å²) < 4.78 is 2.47. The van der Waals surface area contributed by atoms with Crippen molar-refractivity contribution in [1.29, 1.82) is 0 Å². The minimum Gasteiger partial charge on any atom is -0.322 e. The number of nitrogens with zero attached hydrogens (tertiary/aromatic N) is 2. The van der Waals surface area contributed by atoms with Crippen LogP contribution >= 0.6 is 15.9 Å². The molecule has 0 aliphatic heterocycles. The molecule has 0 fully saturated rings. The molecule has 2 rings (SSSR count). The van der Waals surface area contributed by atoms with Crippen molar-refractivity contribution in [1.82, 2.24) is 9.78 Å². The number of anilines is 1. The second kappa shape index (κ2) is 4.09. The Kier molecular flexibility index (Phi) is 2.78. The molecule has 1 aromatic heterocycles. The number of rotatable bonds is 2. The average molecular weight is 280 g/mol. The Morgan fingerprint density at radius 2 is 2.38 bits per heavy atom. The SMILES string of the molecule is C=CC(=O)Nc1cccc2c1c(Br)nn2C. The highest BCUT2D eigenvalue weighted by molar-refractivity contribution is 9.10. The molecule has 1 N–H and O–H groups in total. The van der Waals surface area contributed by atoms with Crippen LogP contribution in [0.5, 0.6) is 0 Å². The number of hydrogen-bond donors (Lipinski definition) is 1. The van der Waals surface area contributed by atoms with Gasteiger partial charge in [0, 0.05) is 7.05 Å². The number of amides is 1. The van der Waals surface area contributed by atoms with E-state index in [1.165, 1.54) is 6.08 Å². The van der Waals surface area contributed by atoms with Gasteiger partial charge in [-0.2, -0.15) is 5.10 Å². The lowest BCUT2D eigenvalue weighted by atomic mass is 10.2. The Balaban J connectivity index is 2.61. The fourth-order valence-corrected chi connectivity index (χ4v) is 2.20. The van der Waals surface area contributed by atoms with E-state index in [-0.39, 0.29) is 5.91 Å². The summed E-state index contributed by atoms with van der Waals surface area (Å²) in [6, 6.07) is 5.64. The zero-order valence-electron chi connectivity index (χ0n) is 8.70. The van der Waals surface area contributed by atoms with Crippen LogP contribution in [-0.4, -0.2) is 15.7 Å². The number of benzene rings is 1. The monoisotopic (exact) mass is 279 g/mol. The number of nitrogens with one attached hydrogen (secondary N) is 1. The Hall–Kier alpha value is -1.62. The summed E-state index contributed by atoms with van der Waals surface area (Å²) in [5.74, 6) is -0.233. The number of carbonyl (C=O) groups is 1. The number of aromatic nitrogens is 2. The predicted octanol–water partition coefficient (Wildman–Crippen LogP) is 2.46. The molecule has 82 valence electrons. The lowest BCUT2D eigenvalue weighted by molar-refractivity contribution is -0.111. The highest BCUT2D eigenvalue weighted by Gasteiger charge is 2.11. The Morgan fingerprint density at radius 1 is 1.62 bits per heavy atom. The summed E-state index contributed by atoms with van der Waals surface area (Å²) in [6.45, 7) is 3.42. The molecular weight excluding hydrogens is 270 g/mol. The van der Waals surface area contributed by atoms with Gasteiger partial charge in [0.1, 0.15) is 4.60 Å². The molecule has 0 spiro atoms. The summed E-state index contributed by atoms with van der Waals surface area (Å²) >= 11 is 3.37. The number of fused-ring (bicyclic) bond motifs is 1. The van der Waals surface area contributed by atoms with Crippen LogP contribution in [0, 0.1) is 0 Å². The third kappa shape index (κ3) is 1.74. The number of halogens is 1. The molecule has 0 saturated carbocycles. The lowest BCUT2D eigenvalue weighted by Crippen LogP contribution is -2.07. The molecular formula is C11H10BrN3O. The van der Waals surface area contributed by atoms with Crippen LogP contribution < -0.4 is 5.32 Å². The summed E-state index contributed by atoms with van der Waals surface area (Å²) in [5.41, 5.74) is 1.68. The van der Waals surface area contributed by atoms with E-state index in [0.29, 0.717) is 4.60 Å². The Bertz CT molecular complexity index is 574. The van der Waals surface area contributed by atoms with Crippen molar-refractivity contribution >= 4 is 38.4 Å². The fraction of sp³-hybridized carbons (Fsp3) is 0.0909. The van der Waals surface area contributed by atoms with Crippen LogP contribution in [0.25, 0.3) is 10.9 Å². The molecule has 4 nitrogen and oxygen atoms in total. The van der Waals surface area contributed by atoms with Gasteiger partial charge in [-0.3, -0.25) is 9.48 Å². The van der Waals surface area contributed by atoms with Crippen LogP contribution in [-0.2, 0) is 11.8 Å². The van der Waals surface area contributed by atoms with Gasteiger partial charge in [-0.1, -0.05) is 12.6 Å². The summed E-state index contributed by atoms with van der Waals surface area (Å²) in [6.07, 6.45) is 1.24. The zero-order valence-corrected chi connectivity index (χ0v) is 10.3. The molecule has 1 amide bonds. The van der Waals surface area contributed by atoms with E-state index >= 15 is 0 Å². The zero-order chi connectivity index (χ0) is 11.7. The van der Waals surface area contributed by atoms with E-state index in [9.17, 15) is 4.79 Å². The third-order valence-electron chi connectivity index (χ3n) is 2.28. The van der Waals surface area contributed by atoms with Gasteiger partial charge in [0.2, 0.25) is 5.91 Å². The van der Waals surface area contributed by atoms with Gasteiger partial charge in [0.15, 0.2) is 0 Å². The van der Waals surface area contributed by atoms with Gasteiger partial charge in [-0.05, 0) is 34.1 Å². The van der Waals surface area contributed by atoms with E-state index in [1.807, 2.05) is 25.2 Å². The van der Waals surface area contributed by atoms with Crippen molar-refractivity contribution in [2.75, 3.05) is 5.32 Å². The van der Waals surface area contributed by atoms with Crippen LogP contribution in [0.1, 0.15) is 0 Å². The molecule has 16 heavy (non-hydrogen) atoms. The van der Waals surface area contributed by atoms with E-state index in [0.717, 1.165) is 16.6 Å². The molecule has 0 aliphatic carbocycles. The van der Waals surface area contributed by atoms with Gasteiger partial charge in [0.25, 0.3) is 0 Å². The number of hydrogen-bond acceptors (Lipinski definition) is 2. The highest BCUT2D eigenvalue weighted by Crippen LogP contribution is 2.29. The van der Waals surface area contributed by atoms with E-state index in [2.05, 4.69) is 32.9 Å². The first-order valence-corrected chi connectivity index (χ1v) is 5.47. The lowest BCUT2D eigenvalue weighted by Gasteiger charge is -2.03. The summed E-state index contributed by atoms with van der Waals surface area (Å²) in [4.78, 5) is 11.3. The van der Waals surface area contributed by atoms with Crippen molar-refractivity contribution < 1.29 is 4.79 Å². The summed E-state index contributed by atoms with van der Waals surface area (Å²) in [7, 11) is 1.85. The van der Waals surface area contributed by atoms with E-state index in [1.54, 1.807) is 4.68 Å². The Labute approximate surface area is 101 Å². The van der Waals surface area contributed by atoms with Crippen molar-refractivity contribution in [3.8, 4) is 0 Å². The van der Waals surface area contributed by atoms with Crippen LogP contribution in [0.3, 0.4) is 0 Å². The highest BCUT2D eigenvalue weighted by atomic mass is 79.9. The number of aryl methyl sites for hydroxylation is 1. The van der Waals surface area contributed by atoms with Gasteiger partial charge in [0.05, 0.1) is 16.6 Å². The number of carbonyl (C=O) groups excluding carboxylic acids is 1. The molecule has 1 heterocycles. The molecule has 0 atom stereocenters. The maximum absolute atomic E-state index is 11.3. The van der Waals surface area contributed by atoms with Crippen molar-refractivity contribution in [2.24, 2.45) is 7.05 Å². The predicted molar refractivity (Wildman–Crippen MR) is 67.2 cm³/mol. The average Bonchev–Trinajstić information content (AvgIpc) is 2.56. The first-order valence-electron chi connectivity index (χ1n) is 4.68. The third-order valence-corrected chi connectivity index (χ3v) is 2.83. The normalized spacial score (nSPS) is 10.4. The standard InChI is InChI=1S/C11H10BrN3O/c1-3-9(16)13-7-5-4-6-8-10(7)11(12)14-15(8)2/h3-6H,1H2,2H3,(H,13,16). The smallest absolute Gasteiger partial charge is 0.247 e. The quantitative estimate of drug-likeness (QED) is 0.859. The largest absolute Gasteiger partial charge is 0.322 e. The minimum absolute atomic E-state index is 0.233. The van der Waals surface area contributed by atoms with Crippen LogP contribution in [0.4, 0.5) is 5.69 Å². The molecule has 0 aliphatic rings. The maximum Gasteiger partial charge on any atom is 0.247 e. The van der Waals surface area contributed by atoms with Gasteiger partial charge < -0.3 is 5.32 Å². The van der Waals surface area contributed by atoms with Crippen molar-refractivity contribution in [3.63, 3.8) is 0 Å². The molecule has 0 saturated heterocycles. The maximum atomic E-state index is 11.3. The molecule has 1 aromatic carbocycles. The van der Waals surface area contributed by atoms with Gasteiger partial charge in [-0.25, -0.2) is 0 Å².